The van der Waals surface area contributed by atoms with E-state index in [2.05, 4.69) is 0 Å². The second kappa shape index (κ2) is 3.78. The number of halogens is 1. The predicted octanol–water partition coefficient (Wildman–Crippen LogP) is 2.37. The van der Waals surface area contributed by atoms with E-state index in [4.69, 9.17) is 21.4 Å². The lowest BCUT2D eigenvalue weighted by atomic mass is 10.2. The van der Waals surface area contributed by atoms with Crippen molar-refractivity contribution in [3.8, 4) is 5.75 Å². The maximum absolute atomic E-state index is 8.96. The van der Waals surface area contributed by atoms with E-state index >= 15 is 0 Å². The van der Waals surface area contributed by atoms with Crippen molar-refractivity contribution < 1.29 is 9.84 Å². The third-order valence-corrected chi connectivity index (χ3v) is 1.68. The average Bonchev–Trinajstić information content (AvgIpc) is 1.96. The van der Waals surface area contributed by atoms with E-state index in [1.54, 1.807) is 19.1 Å². The summed E-state index contributed by atoms with van der Waals surface area (Å²) in [7, 11) is 0. The monoisotopic (exact) mass is 186 g/mol. The molecule has 0 aliphatic heterocycles. The Balaban J connectivity index is 2.90. The predicted molar refractivity (Wildman–Crippen MR) is 48.5 cm³/mol. The van der Waals surface area contributed by atoms with Gasteiger partial charge in [-0.25, -0.2) is 0 Å². The fourth-order valence-electron chi connectivity index (χ4n) is 0.885. The molecule has 0 aromatic heterocycles. The van der Waals surface area contributed by atoms with Crippen LogP contribution in [0.5, 0.6) is 5.75 Å². The molecule has 0 spiro atoms. The highest BCUT2D eigenvalue weighted by Crippen LogP contribution is 2.22. The van der Waals surface area contributed by atoms with Crippen molar-refractivity contribution in [1.29, 1.82) is 0 Å². The van der Waals surface area contributed by atoms with Crippen molar-refractivity contribution in [3.05, 3.63) is 28.8 Å². The van der Waals surface area contributed by atoms with Gasteiger partial charge in [0.1, 0.15) is 5.75 Å². The Morgan fingerprint density at radius 2 is 2.17 bits per heavy atom. The van der Waals surface area contributed by atoms with E-state index in [-0.39, 0.29) is 0 Å². The molecule has 0 aliphatic carbocycles. The Labute approximate surface area is 76.7 Å². The Morgan fingerprint density at radius 1 is 1.50 bits per heavy atom. The average molecular weight is 187 g/mol. The highest BCUT2D eigenvalue weighted by atomic mass is 35.5. The van der Waals surface area contributed by atoms with Crippen LogP contribution in [0, 0.1) is 6.92 Å². The fraction of sp³-hybridized carbons (Fsp3) is 0.333. The molecule has 1 N–H and O–H groups in total. The summed E-state index contributed by atoms with van der Waals surface area (Å²) in [6.45, 7) is 3.45. The van der Waals surface area contributed by atoms with E-state index in [1.807, 2.05) is 13.0 Å². The summed E-state index contributed by atoms with van der Waals surface area (Å²) in [5, 5.41) is 9.56. The van der Waals surface area contributed by atoms with Crippen LogP contribution in [0.15, 0.2) is 18.2 Å². The highest BCUT2D eigenvalue weighted by Gasteiger charge is 2.02. The maximum Gasteiger partial charge on any atom is 0.194 e. The molecule has 0 saturated heterocycles. The summed E-state index contributed by atoms with van der Waals surface area (Å²) in [6.07, 6.45) is -0.804. The van der Waals surface area contributed by atoms with Gasteiger partial charge in [-0.05, 0) is 31.5 Å². The fourth-order valence-corrected chi connectivity index (χ4v) is 1.05. The molecule has 1 atom stereocenters. The molecule has 1 aromatic rings. The first kappa shape index (κ1) is 9.36. The summed E-state index contributed by atoms with van der Waals surface area (Å²) >= 11 is 5.74. The molecule has 0 heterocycles. The van der Waals surface area contributed by atoms with Gasteiger partial charge in [-0.3, -0.25) is 0 Å². The lowest BCUT2D eigenvalue weighted by molar-refractivity contribution is -0.000790. The van der Waals surface area contributed by atoms with Gasteiger partial charge in [0.05, 0.1) is 0 Å². The Morgan fingerprint density at radius 3 is 2.75 bits per heavy atom. The third-order valence-electron chi connectivity index (χ3n) is 1.45. The van der Waals surface area contributed by atoms with E-state index in [0.717, 1.165) is 5.56 Å². The van der Waals surface area contributed by atoms with Crippen molar-refractivity contribution in [2.45, 2.75) is 20.1 Å². The van der Waals surface area contributed by atoms with Crippen molar-refractivity contribution in [2.24, 2.45) is 0 Å². The largest absolute Gasteiger partial charge is 0.465 e. The molecule has 1 rings (SSSR count). The number of hydrogen-bond donors (Lipinski definition) is 1. The summed E-state index contributed by atoms with van der Waals surface area (Å²) in [4.78, 5) is 0. The Bertz CT molecular complexity index is 271. The van der Waals surface area contributed by atoms with Crippen LogP contribution in [-0.2, 0) is 0 Å². The number of benzene rings is 1. The normalized spacial score (nSPS) is 12.7. The van der Waals surface area contributed by atoms with Gasteiger partial charge in [-0.1, -0.05) is 17.7 Å². The number of hydrogen-bond acceptors (Lipinski definition) is 2. The molecule has 12 heavy (non-hydrogen) atoms. The molecule has 1 aromatic carbocycles. The van der Waals surface area contributed by atoms with Crippen molar-refractivity contribution >= 4 is 11.6 Å². The topological polar surface area (TPSA) is 29.5 Å². The minimum Gasteiger partial charge on any atom is -0.465 e. The molecule has 0 amide bonds. The van der Waals surface area contributed by atoms with E-state index in [0.29, 0.717) is 10.8 Å². The zero-order valence-corrected chi connectivity index (χ0v) is 7.80. The van der Waals surface area contributed by atoms with Gasteiger partial charge in [0, 0.05) is 5.02 Å². The van der Waals surface area contributed by atoms with Gasteiger partial charge < -0.3 is 9.84 Å². The van der Waals surface area contributed by atoms with Crippen LogP contribution < -0.4 is 4.74 Å². The smallest absolute Gasteiger partial charge is 0.194 e. The molecule has 3 heteroatoms. The number of ether oxygens (including phenoxy) is 1. The SMILES string of the molecule is Cc1ccc(Cl)cc1OC(C)O. The minimum absolute atomic E-state index is 0.608. The van der Waals surface area contributed by atoms with Crippen molar-refractivity contribution in [1.82, 2.24) is 0 Å². The summed E-state index contributed by atoms with van der Waals surface area (Å²) < 4.78 is 5.10. The van der Waals surface area contributed by atoms with Crippen LogP contribution in [0.1, 0.15) is 12.5 Å². The summed E-state index contributed by atoms with van der Waals surface area (Å²) in [5.41, 5.74) is 0.959. The molecule has 1 unspecified atom stereocenters. The number of aryl methyl sites for hydroxylation is 1. The Hall–Kier alpha value is -0.730. The molecular formula is C9H11ClO2. The van der Waals surface area contributed by atoms with Crippen molar-refractivity contribution in [2.75, 3.05) is 0 Å². The van der Waals surface area contributed by atoms with Gasteiger partial charge >= 0.3 is 0 Å². The van der Waals surface area contributed by atoms with Gasteiger partial charge in [0.25, 0.3) is 0 Å². The second-order valence-electron chi connectivity index (χ2n) is 2.63. The van der Waals surface area contributed by atoms with Crippen LogP contribution in [0.3, 0.4) is 0 Å². The summed E-state index contributed by atoms with van der Waals surface area (Å²) in [6, 6.07) is 5.31. The lowest BCUT2D eigenvalue weighted by Gasteiger charge is -2.10. The second-order valence-corrected chi connectivity index (χ2v) is 3.06. The molecule has 0 radical (unpaired) electrons. The van der Waals surface area contributed by atoms with Gasteiger partial charge in [0.15, 0.2) is 6.29 Å². The first-order valence-corrected chi connectivity index (χ1v) is 4.08. The third kappa shape index (κ3) is 2.40. The van der Waals surface area contributed by atoms with E-state index in [1.165, 1.54) is 0 Å². The zero-order chi connectivity index (χ0) is 9.14. The van der Waals surface area contributed by atoms with Gasteiger partial charge in [-0.2, -0.15) is 0 Å². The van der Waals surface area contributed by atoms with Crippen LogP contribution in [0.25, 0.3) is 0 Å². The van der Waals surface area contributed by atoms with Gasteiger partial charge in [0.2, 0.25) is 0 Å². The number of aliphatic hydroxyl groups excluding tert-OH is 1. The lowest BCUT2D eigenvalue weighted by Crippen LogP contribution is -2.10. The van der Waals surface area contributed by atoms with Crippen molar-refractivity contribution in [3.63, 3.8) is 0 Å². The first-order valence-electron chi connectivity index (χ1n) is 3.70. The maximum atomic E-state index is 8.96. The molecule has 0 saturated carbocycles. The first-order chi connectivity index (χ1) is 5.59. The van der Waals surface area contributed by atoms with E-state index < -0.39 is 6.29 Å². The van der Waals surface area contributed by atoms with Crippen LogP contribution in [0.4, 0.5) is 0 Å². The number of rotatable bonds is 2. The highest BCUT2D eigenvalue weighted by molar-refractivity contribution is 6.30. The number of aliphatic hydroxyl groups is 1. The summed E-state index contributed by atoms with van der Waals surface area (Å²) in [5.74, 6) is 0.623. The zero-order valence-electron chi connectivity index (χ0n) is 7.04. The standard InChI is InChI=1S/C9H11ClO2/c1-6-3-4-8(10)5-9(6)12-7(2)11/h3-5,7,11H,1-2H3. The van der Waals surface area contributed by atoms with Crippen LogP contribution >= 0.6 is 11.6 Å². The minimum atomic E-state index is -0.804. The molecular weight excluding hydrogens is 176 g/mol. The molecule has 0 aliphatic rings. The van der Waals surface area contributed by atoms with Crippen LogP contribution in [-0.4, -0.2) is 11.4 Å². The molecule has 0 bridgehead atoms. The Kier molecular flexibility index (Phi) is 2.95. The molecule has 66 valence electrons. The quantitative estimate of drug-likeness (QED) is 0.719. The van der Waals surface area contributed by atoms with Gasteiger partial charge in [-0.15, -0.1) is 0 Å². The molecule has 2 nitrogen and oxygen atoms in total. The molecule has 0 fully saturated rings. The van der Waals surface area contributed by atoms with E-state index in [9.17, 15) is 0 Å². The van der Waals surface area contributed by atoms with Crippen LogP contribution in [0.2, 0.25) is 5.02 Å².